The quantitative estimate of drug-likeness (QED) is 0.576. The van der Waals surface area contributed by atoms with Gasteiger partial charge in [0.1, 0.15) is 5.69 Å². The molecule has 6 nitrogen and oxygen atoms in total. The van der Waals surface area contributed by atoms with E-state index in [0.717, 1.165) is 41.7 Å². The number of carbonyl (C=O) groups is 2. The summed E-state index contributed by atoms with van der Waals surface area (Å²) in [5.74, 6) is -0.501. The van der Waals surface area contributed by atoms with Gasteiger partial charge in [-0.05, 0) is 55.8 Å². The van der Waals surface area contributed by atoms with Gasteiger partial charge >= 0.3 is 0 Å². The average molecular weight is 449 g/mol. The van der Waals surface area contributed by atoms with Gasteiger partial charge in [-0.2, -0.15) is 0 Å². The normalized spacial score (nSPS) is 15.2. The highest BCUT2D eigenvalue weighted by atomic mass is 32.1. The van der Waals surface area contributed by atoms with Crippen molar-refractivity contribution in [1.82, 2.24) is 15.3 Å². The van der Waals surface area contributed by atoms with E-state index in [2.05, 4.69) is 15.3 Å². The molecule has 0 aliphatic heterocycles. The minimum Gasteiger partial charge on any atom is -0.351 e. The number of thiophene rings is 1. The molecule has 1 fully saturated rings. The average Bonchev–Trinajstić information content (AvgIpc) is 3.24. The molecule has 1 saturated carbocycles. The van der Waals surface area contributed by atoms with Crippen molar-refractivity contribution >= 4 is 28.8 Å². The maximum absolute atomic E-state index is 13.7. The molecule has 0 bridgehead atoms. The molecule has 2 aromatic heterocycles. The zero-order valence-electron chi connectivity index (χ0n) is 18.5. The minimum atomic E-state index is -0.783. The van der Waals surface area contributed by atoms with Crippen molar-refractivity contribution in [3.05, 3.63) is 76.0 Å². The van der Waals surface area contributed by atoms with Crippen LogP contribution in [0.1, 0.15) is 64.6 Å². The van der Waals surface area contributed by atoms with Crippen LogP contribution in [0.25, 0.3) is 0 Å². The van der Waals surface area contributed by atoms with Gasteiger partial charge in [0, 0.05) is 29.0 Å². The van der Waals surface area contributed by atoms with Crippen molar-refractivity contribution in [2.45, 2.75) is 58.0 Å². The Morgan fingerprint density at radius 2 is 1.81 bits per heavy atom. The monoisotopic (exact) mass is 448 g/mol. The van der Waals surface area contributed by atoms with Crippen LogP contribution in [0.3, 0.4) is 0 Å². The first-order chi connectivity index (χ1) is 15.5. The largest absolute Gasteiger partial charge is 0.351 e. The summed E-state index contributed by atoms with van der Waals surface area (Å²) in [6, 6.07) is 9.01. The third-order valence-corrected chi connectivity index (χ3v) is 6.99. The molecule has 0 radical (unpaired) electrons. The summed E-state index contributed by atoms with van der Waals surface area (Å²) in [5.41, 5.74) is 2.93. The molecule has 1 aliphatic carbocycles. The summed E-state index contributed by atoms with van der Waals surface area (Å²) in [6.07, 6.45) is 9.87. The lowest BCUT2D eigenvalue weighted by molar-refractivity contribution is -0.123. The lowest BCUT2D eigenvalue weighted by Gasteiger charge is -2.33. The maximum Gasteiger partial charge on any atom is 0.279 e. The van der Waals surface area contributed by atoms with E-state index < -0.39 is 6.04 Å². The summed E-state index contributed by atoms with van der Waals surface area (Å²) in [6.45, 7) is 3.97. The molecule has 0 unspecified atom stereocenters. The van der Waals surface area contributed by atoms with E-state index in [1.807, 2.05) is 49.6 Å². The molecule has 2 amide bonds. The number of aromatic nitrogens is 2. The first-order valence-electron chi connectivity index (χ1n) is 11.0. The fraction of sp³-hybridized carbons (Fsp3) is 0.360. The van der Waals surface area contributed by atoms with E-state index in [9.17, 15) is 9.59 Å². The lowest BCUT2D eigenvalue weighted by Crippen LogP contribution is -2.47. The Hall–Kier alpha value is -3.06. The van der Waals surface area contributed by atoms with Gasteiger partial charge in [-0.15, -0.1) is 11.3 Å². The van der Waals surface area contributed by atoms with E-state index in [1.54, 1.807) is 4.90 Å². The van der Waals surface area contributed by atoms with Crippen LogP contribution in [0.15, 0.2) is 54.3 Å². The molecule has 7 heteroatoms. The van der Waals surface area contributed by atoms with Crippen LogP contribution >= 0.6 is 11.3 Å². The van der Waals surface area contributed by atoms with Crippen molar-refractivity contribution in [3.8, 4) is 0 Å². The molecule has 1 N–H and O–H groups in total. The van der Waals surface area contributed by atoms with Crippen LogP contribution in [0.5, 0.6) is 0 Å². The van der Waals surface area contributed by atoms with Gasteiger partial charge in [0.05, 0.1) is 6.20 Å². The molecule has 1 atom stereocenters. The number of hydrogen-bond donors (Lipinski definition) is 1. The van der Waals surface area contributed by atoms with Crippen LogP contribution in [0.4, 0.5) is 5.69 Å². The Labute approximate surface area is 192 Å². The fourth-order valence-corrected chi connectivity index (χ4v) is 5.18. The van der Waals surface area contributed by atoms with Crippen LogP contribution in [0.2, 0.25) is 0 Å². The Morgan fingerprint density at radius 3 is 2.44 bits per heavy atom. The number of amides is 2. The lowest BCUT2D eigenvalue weighted by atomic mass is 9.95. The third kappa shape index (κ3) is 4.88. The predicted octanol–water partition coefficient (Wildman–Crippen LogP) is 4.99. The van der Waals surface area contributed by atoms with Gasteiger partial charge < -0.3 is 5.32 Å². The van der Waals surface area contributed by atoms with Crippen LogP contribution in [-0.4, -0.2) is 27.8 Å². The molecule has 32 heavy (non-hydrogen) atoms. The van der Waals surface area contributed by atoms with Crippen LogP contribution in [-0.2, 0) is 4.79 Å². The van der Waals surface area contributed by atoms with Gasteiger partial charge in [-0.1, -0.05) is 37.0 Å². The number of benzene rings is 1. The highest BCUT2D eigenvalue weighted by molar-refractivity contribution is 7.10. The molecule has 4 rings (SSSR count). The van der Waals surface area contributed by atoms with E-state index in [1.165, 1.54) is 36.3 Å². The fourth-order valence-electron chi connectivity index (χ4n) is 4.17. The van der Waals surface area contributed by atoms with Crippen molar-refractivity contribution in [2.24, 2.45) is 0 Å². The molecule has 166 valence electrons. The zero-order chi connectivity index (χ0) is 22.5. The van der Waals surface area contributed by atoms with Gasteiger partial charge in [-0.3, -0.25) is 19.5 Å². The number of nitrogens with zero attached hydrogens (tertiary/aromatic N) is 3. The first-order valence-corrected chi connectivity index (χ1v) is 11.9. The molecule has 0 spiro atoms. The Kier molecular flexibility index (Phi) is 6.95. The van der Waals surface area contributed by atoms with Crippen LogP contribution in [0, 0.1) is 13.8 Å². The molecule has 2 heterocycles. The second-order valence-corrected chi connectivity index (χ2v) is 9.26. The summed E-state index contributed by atoms with van der Waals surface area (Å²) in [7, 11) is 0. The van der Waals surface area contributed by atoms with E-state index in [-0.39, 0.29) is 23.6 Å². The molecule has 3 aromatic rings. The van der Waals surface area contributed by atoms with E-state index in [0.29, 0.717) is 5.69 Å². The minimum absolute atomic E-state index is 0.144. The highest BCUT2D eigenvalue weighted by Gasteiger charge is 2.36. The summed E-state index contributed by atoms with van der Waals surface area (Å²) in [5, 5.41) is 5.20. The van der Waals surface area contributed by atoms with Gasteiger partial charge in [0.15, 0.2) is 6.04 Å². The second kappa shape index (κ2) is 10.0. The molecule has 1 aromatic carbocycles. The number of anilines is 1. The highest BCUT2D eigenvalue weighted by Crippen LogP contribution is 2.34. The molecule has 0 saturated heterocycles. The smallest absolute Gasteiger partial charge is 0.279 e. The topological polar surface area (TPSA) is 75.2 Å². The van der Waals surface area contributed by atoms with Crippen molar-refractivity contribution in [1.29, 1.82) is 0 Å². The summed E-state index contributed by atoms with van der Waals surface area (Å²) < 4.78 is 0. The number of hydrogen-bond acceptors (Lipinski definition) is 5. The number of rotatable bonds is 6. The molecule has 1 aliphatic rings. The zero-order valence-corrected chi connectivity index (χ0v) is 19.3. The number of nitrogens with one attached hydrogen (secondary N) is 1. The second-order valence-electron chi connectivity index (χ2n) is 8.32. The Morgan fingerprint density at radius 1 is 1.06 bits per heavy atom. The third-order valence-electron chi connectivity index (χ3n) is 5.92. The molecular weight excluding hydrogens is 420 g/mol. The SMILES string of the molecule is Cc1ccc(N(C(=O)c2cnccn2)[C@@H](C(=O)NC2CCCCC2)c2sccc2C)cc1. The first kappa shape index (κ1) is 22.1. The predicted molar refractivity (Wildman–Crippen MR) is 127 cm³/mol. The van der Waals surface area contributed by atoms with Gasteiger partial charge in [-0.25, -0.2) is 4.98 Å². The van der Waals surface area contributed by atoms with Gasteiger partial charge in [0.25, 0.3) is 5.91 Å². The van der Waals surface area contributed by atoms with Crippen molar-refractivity contribution < 1.29 is 9.59 Å². The number of aryl methyl sites for hydroxylation is 2. The maximum atomic E-state index is 13.7. The Balaban J connectivity index is 1.78. The van der Waals surface area contributed by atoms with E-state index in [4.69, 9.17) is 0 Å². The van der Waals surface area contributed by atoms with Crippen molar-refractivity contribution in [3.63, 3.8) is 0 Å². The molecular formula is C25H28N4O2S. The number of carbonyl (C=O) groups excluding carboxylic acids is 2. The summed E-state index contributed by atoms with van der Waals surface area (Å²) in [4.78, 5) is 38.2. The van der Waals surface area contributed by atoms with E-state index >= 15 is 0 Å². The standard InChI is InChI=1S/C25H28N4O2S/c1-17-8-10-20(11-9-17)29(25(31)21-16-26-13-14-27-21)22(23-18(2)12-15-32-23)24(30)28-19-6-4-3-5-7-19/h8-16,19,22H,3-7H2,1-2H3,(H,28,30)/t22-/m1/s1. The summed E-state index contributed by atoms with van der Waals surface area (Å²) >= 11 is 1.50. The Bertz CT molecular complexity index is 1060. The van der Waals surface area contributed by atoms with Gasteiger partial charge in [0.2, 0.25) is 5.91 Å². The van der Waals surface area contributed by atoms with Crippen molar-refractivity contribution in [2.75, 3.05) is 4.90 Å². The van der Waals surface area contributed by atoms with Crippen LogP contribution < -0.4 is 10.2 Å².